The molecule has 2 N–H and O–H groups in total. The lowest BCUT2D eigenvalue weighted by molar-refractivity contribution is 0.102. The first-order valence-electron chi connectivity index (χ1n) is 7.44. The Morgan fingerprint density at radius 2 is 1.67 bits per heavy atom. The van der Waals surface area contributed by atoms with Crippen LogP contribution in [0, 0.1) is 18.6 Å². The van der Waals surface area contributed by atoms with Crippen LogP contribution in [-0.2, 0) is 10.0 Å². The minimum atomic E-state index is -4.38. The van der Waals surface area contributed by atoms with Gasteiger partial charge in [-0.3, -0.25) is 14.8 Å². The Labute approximate surface area is 157 Å². The molecule has 11 heteroatoms. The Morgan fingerprint density at radius 3 is 2.30 bits per heavy atom. The van der Waals surface area contributed by atoms with Crippen LogP contribution in [-0.4, -0.2) is 24.5 Å². The number of rotatable bonds is 5. The van der Waals surface area contributed by atoms with Crippen molar-refractivity contribution < 1.29 is 22.0 Å². The highest BCUT2D eigenvalue weighted by molar-refractivity contribution is 7.94. The zero-order valence-corrected chi connectivity index (χ0v) is 15.4. The molecule has 0 unspecified atom stereocenters. The molecule has 0 aliphatic carbocycles. The van der Waals surface area contributed by atoms with Gasteiger partial charge in [0.15, 0.2) is 0 Å². The van der Waals surface area contributed by atoms with E-state index in [1.165, 1.54) is 0 Å². The molecule has 3 rings (SSSR count). The van der Waals surface area contributed by atoms with Crippen LogP contribution in [0.3, 0.4) is 0 Å². The molecule has 0 saturated carbocycles. The summed E-state index contributed by atoms with van der Waals surface area (Å²) >= 11 is 0.547. The Bertz CT molecular complexity index is 1080. The number of benzene rings is 2. The Kier molecular flexibility index (Phi) is 5.15. The van der Waals surface area contributed by atoms with Crippen LogP contribution < -0.4 is 10.0 Å². The first-order chi connectivity index (χ1) is 12.8. The first kappa shape index (κ1) is 18.9. The minimum absolute atomic E-state index is 0.0741. The molecule has 1 heterocycles. The van der Waals surface area contributed by atoms with Crippen molar-refractivity contribution in [3.8, 4) is 0 Å². The van der Waals surface area contributed by atoms with Gasteiger partial charge in [0.2, 0.25) is 5.13 Å². The van der Waals surface area contributed by atoms with Crippen LogP contribution in [0.5, 0.6) is 0 Å². The zero-order valence-electron chi connectivity index (χ0n) is 13.7. The van der Waals surface area contributed by atoms with Gasteiger partial charge in [-0.1, -0.05) is 35.1 Å². The highest BCUT2D eigenvalue weighted by atomic mass is 32.2. The third kappa shape index (κ3) is 4.26. The van der Waals surface area contributed by atoms with Crippen molar-refractivity contribution in [2.45, 2.75) is 11.3 Å². The van der Waals surface area contributed by atoms with Gasteiger partial charge in [0.1, 0.15) is 17.3 Å². The fraction of sp³-hybridized carbons (Fsp3) is 0.0625. The fourth-order valence-electron chi connectivity index (χ4n) is 2.02. The summed E-state index contributed by atoms with van der Waals surface area (Å²) in [6.07, 6.45) is 0. The summed E-state index contributed by atoms with van der Waals surface area (Å²) in [5.74, 6) is -2.64. The second-order valence-electron chi connectivity index (χ2n) is 5.40. The second kappa shape index (κ2) is 7.37. The van der Waals surface area contributed by atoms with Gasteiger partial charge in [-0.05, 0) is 31.2 Å². The molecule has 27 heavy (non-hydrogen) atoms. The maximum Gasteiger partial charge on any atom is 0.291 e. The van der Waals surface area contributed by atoms with Crippen molar-refractivity contribution in [3.63, 3.8) is 0 Å². The number of halogens is 2. The lowest BCUT2D eigenvalue weighted by Crippen LogP contribution is -2.15. The van der Waals surface area contributed by atoms with E-state index >= 15 is 0 Å². The third-order valence-corrected chi connectivity index (χ3v) is 5.93. The molecule has 0 aliphatic heterocycles. The van der Waals surface area contributed by atoms with Crippen LogP contribution in [0.15, 0.2) is 46.8 Å². The maximum absolute atomic E-state index is 13.6. The average Bonchev–Trinajstić information content (AvgIpc) is 3.08. The van der Waals surface area contributed by atoms with E-state index in [2.05, 4.69) is 15.5 Å². The number of amides is 1. The summed E-state index contributed by atoms with van der Waals surface area (Å²) in [4.78, 5) is 12.1. The Balaban J connectivity index is 1.78. The molecule has 0 radical (unpaired) electrons. The van der Waals surface area contributed by atoms with Crippen molar-refractivity contribution in [1.82, 2.24) is 10.2 Å². The lowest BCUT2D eigenvalue weighted by Gasteiger charge is -2.06. The normalized spacial score (nSPS) is 11.2. The summed E-state index contributed by atoms with van der Waals surface area (Å²) in [7, 11) is -4.38. The van der Waals surface area contributed by atoms with Crippen molar-refractivity contribution in [2.24, 2.45) is 0 Å². The molecule has 2 aromatic carbocycles. The number of para-hydroxylation sites is 1. The van der Waals surface area contributed by atoms with Gasteiger partial charge >= 0.3 is 0 Å². The van der Waals surface area contributed by atoms with E-state index in [4.69, 9.17) is 0 Å². The van der Waals surface area contributed by atoms with E-state index in [0.717, 1.165) is 23.8 Å². The minimum Gasteiger partial charge on any atom is -0.296 e. The maximum atomic E-state index is 13.6. The molecule has 1 aromatic heterocycles. The first-order valence-corrected chi connectivity index (χ1v) is 9.74. The largest absolute Gasteiger partial charge is 0.296 e. The van der Waals surface area contributed by atoms with Crippen molar-refractivity contribution in [1.29, 1.82) is 0 Å². The van der Waals surface area contributed by atoms with Crippen molar-refractivity contribution in [3.05, 3.63) is 65.2 Å². The number of carbonyl (C=O) groups is 1. The SMILES string of the molecule is Cc1ccc(C(=O)Nc2nnc(S(=O)(=O)Nc3c(F)cccc3F)s2)cc1. The van der Waals surface area contributed by atoms with Crippen LogP contribution in [0.2, 0.25) is 0 Å². The molecule has 1 amide bonds. The number of nitrogens with one attached hydrogen (secondary N) is 2. The van der Waals surface area contributed by atoms with Gasteiger partial charge in [0.05, 0.1) is 0 Å². The number of aromatic nitrogens is 2. The number of hydrogen-bond donors (Lipinski definition) is 2. The van der Waals surface area contributed by atoms with Gasteiger partial charge < -0.3 is 0 Å². The number of aryl methyl sites for hydroxylation is 1. The highest BCUT2D eigenvalue weighted by Crippen LogP contribution is 2.25. The predicted molar refractivity (Wildman–Crippen MR) is 96.2 cm³/mol. The molecule has 0 saturated heterocycles. The molecule has 140 valence electrons. The number of sulfonamides is 1. The lowest BCUT2D eigenvalue weighted by atomic mass is 10.1. The quantitative estimate of drug-likeness (QED) is 0.629. The van der Waals surface area contributed by atoms with Gasteiger partial charge in [0, 0.05) is 5.56 Å². The smallest absolute Gasteiger partial charge is 0.291 e. The highest BCUT2D eigenvalue weighted by Gasteiger charge is 2.24. The molecular weight excluding hydrogens is 398 g/mol. The average molecular weight is 410 g/mol. The standard InChI is InChI=1S/C16H12F2N4O3S2/c1-9-5-7-10(8-6-9)14(23)19-15-20-21-16(26-15)27(24,25)22-13-11(17)3-2-4-12(13)18/h2-8,22H,1H3,(H,19,20,23). The molecule has 7 nitrogen and oxygen atoms in total. The number of hydrogen-bond acceptors (Lipinski definition) is 6. The number of anilines is 2. The Hall–Kier alpha value is -2.92. The van der Waals surface area contributed by atoms with Gasteiger partial charge in [-0.2, -0.15) is 8.42 Å². The predicted octanol–water partition coefficient (Wildman–Crippen LogP) is 3.18. The monoisotopic (exact) mass is 410 g/mol. The van der Waals surface area contributed by atoms with Gasteiger partial charge in [0.25, 0.3) is 20.3 Å². The van der Waals surface area contributed by atoms with Gasteiger partial charge in [-0.25, -0.2) is 8.78 Å². The molecule has 0 spiro atoms. The topological polar surface area (TPSA) is 101 Å². The van der Waals surface area contributed by atoms with Crippen LogP contribution in [0.1, 0.15) is 15.9 Å². The van der Waals surface area contributed by atoms with E-state index in [0.29, 0.717) is 16.9 Å². The third-order valence-electron chi connectivity index (χ3n) is 3.37. The van der Waals surface area contributed by atoms with E-state index in [1.54, 1.807) is 29.0 Å². The van der Waals surface area contributed by atoms with Crippen molar-refractivity contribution in [2.75, 3.05) is 10.0 Å². The Morgan fingerprint density at radius 1 is 1.04 bits per heavy atom. The molecule has 3 aromatic rings. The van der Waals surface area contributed by atoms with Crippen LogP contribution >= 0.6 is 11.3 Å². The second-order valence-corrected chi connectivity index (χ2v) is 8.23. The summed E-state index contributed by atoms with van der Waals surface area (Å²) in [5, 5.41) is 9.39. The van der Waals surface area contributed by atoms with Crippen molar-refractivity contribution >= 4 is 38.1 Å². The molecule has 0 fully saturated rings. The van der Waals surface area contributed by atoms with Gasteiger partial charge in [-0.15, -0.1) is 10.2 Å². The van der Waals surface area contributed by atoms with E-state index in [1.807, 2.05) is 6.92 Å². The van der Waals surface area contributed by atoms with Crippen LogP contribution in [0.4, 0.5) is 19.6 Å². The van der Waals surface area contributed by atoms with E-state index < -0.39 is 37.6 Å². The summed E-state index contributed by atoms with van der Waals surface area (Å²) in [6.45, 7) is 1.87. The van der Waals surface area contributed by atoms with Crippen LogP contribution in [0.25, 0.3) is 0 Å². The fourth-order valence-corrected chi connectivity index (χ4v) is 3.99. The van der Waals surface area contributed by atoms with E-state index in [9.17, 15) is 22.0 Å². The summed E-state index contributed by atoms with van der Waals surface area (Å²) in [5.41, 5.74) is 0.506. The summed E-state index contributed by atoms with van der Waals surface area (Å²) < 4.78 is 53.0. The molecule has 0 aliphatic rings. The summed E-state index contributed by atoms with van der Waals surface area (Å²) in [6, 6.07) is 9.63. The number of nitrogens with zero attached hydrogens (tertiary/aromatic N) is 2. The van der Waals surface area contributed by atoms with E-state index in [-0.39, 0.29) is 5.13 Å². The molecular formula is C16H12F2N4O3S2. The zero-order chi connectivity index (χ0) is 19.6. The molecule has 0 atom stereocenters. The molecule has 0 bridgehead atoms. The number of carbonyl (C=O) groups excluding carboxylic acids is 1.